The highest BCUT2D eigenvalue weighted by atomic mass is 15.0. The summed E-state index contributed by atoms with van der Waals surface area (Å²) in [6, 6.07) is 0.823. The lowest BCUT2D eigenvalue weighted by molar-refractivity contribution is -0.0955. The van der Waals surface area contributed by atoms with E-state index < -0.39 is 0 Å². The zero-order valence-electron chi connectivity index (χ0n) is 19.0. The fraction of sp³-hybridized carbons (Fsp3) is 1.00. The van der Waals surface area contributed by atoms with E-state index in [2.05, 4.69) is 39.9 Å². The molecule has 1 nitrogen and oxygen atoms in total. The van der Waals surface area contributed by atoms with Crippen LogP contribution in [0.5, 0.6) is 0 Å². The van der Waals surface area contributed by atoms with Crippen molar-refractivity contribution in [3.8, 4) is 0 Å². The maximum Gasteiger partial charge on any atom is 0.0124 e. The number of piperidine rings is 1. The molecule has 3 aliphatic carbocycles. The first-order valence-electron chi connectivity index (χ1n) is 12.6. The van der Waals surface area contributed by atoms with Crippen LogP contribution in [-0.2, 0) is 0 Å². The molecule has 4 aliphatic rings. The third kappa shape index (κ3) is 3.43. The first-order chi connectivity index (χ1) is 12.9. The molecule has 1 unspecified atom stereocenters. The van der Waals surface area contributed by atoms with E-state index in [0.717, 1.165) is 41.5 Å². The van der Waals surface area contributed by atoms with Crippen LogP contribution in [0.1, 0.15) is 105 Å². The molecule has 0 radical (unpaired) electrons. The summed E-state index contributed by atoms with van der Waals surface area (Å²) < 4.78 is 0. The van der Waals surface area contributed by atoms with Crippen LogP contribution in [0.4, 0.5) is 0 Å². The van der Waals surface area contributed by atoms with E-state index in [9.17, 15) is 0 Å². The molecule has 0 aromatic heterocycles. The van der Waals surface area contributed by atoms with Gasteiger partial charge in [0.1, 0.15) is 0 Å². The summed E-state index contributed by atoms with van der Waals surface area (Å²) >= 11 is 0. The van der Waals surface area contributed by atoms with E-state index in [1.165, 1.54) is 77.2 Å². The second-order valence-corrected chi connectivity index (χ2v) is 12.1. The van der Waals surface area contributed by atoms with E-state index in [1.807, 2.05) is 0 Å². The summed E-state index contributed by atoms with van der Waals surface area (Å²) in [5.41, 5.74) is 1.24. The van der Waals surface area contributed by atoms with E-state index in [-0.39, 0.29) is 0 Å². The molecular formula is C26H47N. The number of nitrogens with one attached hydrogen (secondary N) is 1. The van der Waals surface area contributed by atoms with Crippen molar-refractivity contribution < 1.29 is 0 Å². The Bertz CT molecular complexity index is 512. The predicted octanol–water partition coefficient (Wildman–Crippen LogP) is 7.06. The van der Waals surface area contributed by atoms with Gasteiger partial charge in [0, 0.05) is 6.04 Å². The van der Waals surface area contributed by atoms with Gasteiger partial charge in [0.05, 0.1) is 0 Å². The Kier molecular flexibility index (Phi) is 5.74. The van der Waals surface area contributed by atoms with Crippen molar-refractivity contribution in [1.82, 2.24) is 5.32 Å². The van der Waals surface area contributed by atoms with Gasteiger partial charge in [0.2, 0.25) is 0 Å². The lowest BCUT2D eigenvalue weighted by Crippen LogP contribution is -2.62. The molecule has 8 atom stereocenters. The Morgan fingerprint density at radius 3 is 2.41 bits per heavy atom. The van der Waals surface area contributed by atoms with Gasteiger partial charge in [-0.2, -0.15) is 0 Å². The maximum absolute atomic E-state index is 4.08. The van der Waals surface area contributed by atoms with Crippen molar-refractivity contribution >= 4 is 0 Å². The summed E-state index contributed by atoms with van der Waals surface area (Å²) in [5.74, 6) is 5.78. The molecule has 3 saturated carbocycles. The Morgan fingerprint density at radius 1 is 0.852 bits per heavy atom. The predicted molar refractivity (Wildman–Crippen MR) is 117 cm³/mol. The largest absolute Gasteiger partial charge is 0.313 e. The highest BCUT2D eigenvalue weighted by Crippen LogP contribution is 2.65. The van der Waals surface area contributed by atoms with Crippen LogP contribution < -0.4 is 5.32 Å². The molecule has 1 heterocycles. The SMILES string of the molecule is CC(C)CCC[C@@H](C)[C@H]1CC[C@H]2[C@@H]3CNC4CCCC[C@]4(C)[C@H]3CC[C@]12C. The highest BCUT2D eigenvalue weighted by molar-refractivity contribution is 5.11. The van der Waals surface area contributed by atoms with Crippen LogP contribution >= 0.6 is 0 Å². The summed E-state index contributed by atoms with van der Waals surface area (Å²) in [6.45, 7) is 14.1. The molecule has 0 aromatic carbocycles. The normalized spacial score (nSPS) is 48.0. The van der Waals surface area contributed by atoms with Gasteiger partial charge < -0.3 is 5.32 Å². The smallest absolute Gasteiger partial charge is 0.0124 e. The molecule has 1 saturated heterocycles. The van der Waals surface area contributed by atoms with Crippen molar-refractivity contribution in [2.24, 2.45) is 46.3 Å². The average Bonchev–Trinajstić information content (AvgIpc) is 2.98. The Morgan fingerprint density at radius 2 is 1.63 bits per heavy atom. The minimum Gasteiger partial charge on any atom is -0.313 e. The van der Waals surface area contributed by atoms with Gasteiger partial charge >= 0.3 is 0 Å². The molecule has 156 valence electrons. The van der Waals surface area contributed by atoms with Crippen molar-refractivity contribution in [3.63, 3.8) is 0 Å². The van der Waals surface area contributed by atoms with Crippen LogP contribution in [0.15, 0.2) is 0 Å². The molecule has 4 rings (SSSR count). The van der Waals surface area contributed by atoms with Crippen molar-refractivity contribution in [3.05, 3.63) is 0 Å². The first-order valence-corrected chi connectivity index (χ1v) is 12.6. The van der Waals surface area contributed by atoms with E-state index in [4.69, 9.17) is 0 Å². The topological polar surface area (TPSA) is 12.0 Å². The molecule has 4 fully saturated rings. The van der Waals surface area contributed by atoms with Gasteiger partial charge in [-0.3, -0.25) is 0 Å². The fourth-order valence-electron chi connectivity index (χ4n) is 8.83. The zero-order valence-corrected chi connectivity index (χ0v) is 19.0. The molecule has 1 N–H and O–H groups in total. The van der Waals surface area contributed by atoms with Crippen LogP contribution in [0.2, 0.25) is 0 Å². The Labute approximate surface area is 169 Å². The van der Waals surface area contributed by atoms with Gasteiger partial charge in [0.25, 0.3) is 0 Å². The summed E-state index contributed by atoms with van der Waals surface area (Å²) in [4.78, 5) is 0. The van der Waals surface area contributed by atoms with Crippen molar-refractivity contribution in [2.45, 2.75) is 111 Å². The second kappa shape index (κ2) is 7.66. The molecule has 0 amide bonds. The van der Waals surface area contributed by atoms with Gasteiger partial charge in [-0.1, -0.05) is 66.7 Å². The van der Waals surface area contributed by atoms with Crippen molar-refractivity contribution in [2.75, 3.05) is 6.54 Å². The Hall–Kier alpha value is -0.0400. The fourth-order valence-corrected chi connectivity index (χ4v) is 8.83. The number of fused-ring (bicyclic) bond motifs is 5. The lowest BCUT2D eigenvalue weighted by atomic mass is 9.48. The molecule has 27 heavy (non-hydrogen) atoms. The molecular weight excluding hydrogens is 326 g/mol. The van der Waals surface area contributed by atoms with Gasteiger partial charge in [-0.15, -0.1) is 0 Å². The number of rotatable bonds is 5. The quantitative estimate of drug-likeness (QED) is 0.544. The third-order valence-corrected chi connectivity index (χ3v) is 10.3. The van der Waals surface area contributed by atoms with E-state index >= 15 is 0 Å². The third-order valence-electron chi connectivity index (χ3n) is 10.3. The Balaban J connectivity index is 1.46. The molecule has 0 bridgehead atoms. The van der Waals surface area contributed by atoms with E-state index in [0.29, 0.717) is 10.8 Å². The number of hydrogen-bond donors (Lipinski definition) is 1. The average molecular weight is 374 g/mol. The van der Waals surface area contributed by atoms with Crippen LogP contribution in [0.25, 0.3) is 0 Å². The first kappa shape index (κ1) is 20.2. The van der Waals surface area contributed by atoms with E-state index in [1.54, 1.807) is 0 Å². The summed E-state index contributed by atoms with van der Waals surface area (Å²) in [5, 5.41) is 4.08. The van der Waals surface area contributed by atoms with Crippen LogP contribution in [0, 0.1) is 46.3 Å². The maximum atomic E-state index is 4.08. The minimum absolute atomic E-state index is 0.601. The standard InChI is InChI=1S/C26H47N/c1-18(2)9-8-10-19(3)21-12-13-22-20-17-27-24-11-6-7-15-26(24,5)23(20)14-16-25(21,22)4/h18-24,27H,6-17H2,1-5H3/t19-,20+,21-,22+,23+,24?,25-,26-/m1/s1. The molecule has 0 aromatic rings. The van der Waals surface area contributed by atoms with Crippen LogP contribution in [-0.4, -0.2) is 12.6 Å². The number of hydrogen-bond acceptors (Lipinski definition) is 1. The lowest BCUT2D eigenvalue weighted by Gasteiger charge is -2.61. The molecule has 1 heteroatoms. The van der Waals surface area contributed by atoms with Gasteiger partial charge in [-0.25, -0.2) is 0 Å². The summed E-state index contributed by atoms with van der Waals surface area (Å²) in [7, 11) is 0. The minimum atomic E-state index is 0.601. The monoisotopic (exact) mass is 373 g/mol. The highest BCUT2D eigenvalue weighted by Gasteiger charge is 2.60. The molecule has 0 spiro atoms. The van der Waals surface area contributed by atoms with Crippen molar-refractivity contribution in [1.29, 1.82) is 0 Å². The van der Waals surface area contributed by atoms with Gasteiger partial charge in [-0.05, 0) is 91.4 Å². The second-order valence-electron chi connectivity index (χ2n) is 12.1. The molecule has 1 aliphatic heterocycles. The zero-order chi connectivity index (χ0) is 19.2. The van der Waals surface area contributed by atoms with Crippen LogP contribution in [0.3, 0.4) is 0 Å². The van der Waals surface area contributed by atoms with Gasteiger partial charge in [0.15, 0.2) is 0 Å². The summed E-state index contributed by atoms with van der Waals surface area (Å²) in [6.07, 6.45) is 16.3.